The molecule has 1 saturated carbocycles. The Morgan fingerprint density at radius 3 is 2.55 bits per heavy atom. The van der Waals surface area contributed by atoms with Gasteiger partial charge in [0, 0.05) is 12.3 Å². The summed E-state index contributed by atoms with van der Waals surface area (Å²) in [7, 11) is 0. The molecule has 0 amide bonds. The van der Waals surface area contributed by atoms with E-state index in [2.05, 4.69) is 27.7 Å². The highest BCUT2D eigenvalue weighted by Gasteiger charge is 2.70. The summed E-state index contributed by atoms with van der Waals surface area (Å²) in [6.45, 7) is 10.7. The second kappa shape index (κ2) is 4.22. The van der Waals surface area contributed by atoms with Gasteiger partial charge in [-0.15, -0.1) is 0 Å². The number of ether oxygens (including phenoxy) is 2. The molecule has 3 rings (SSSR count). The van der Waals surface area contributed by atoms with Gasteiger partial charge in [-0.1, -0.05) is 20.8 Å². The molecule has 0 unspecified atom stereocenters. The highest BCUT2D eigenvalue weighted by Crippen LogP contribution is 2.67. The van der Waals surface area contributed by atoms with Crippen molar-refractivity contribution >= 4 is 5.97 Å². The molecule has 0 aromatic heterocycles. The van der Waals surface area contributed by atoms with E-state index in [1.165, 1.54) is 19.8 Å². The third-order valence-corrected chi connectivity index (χ3v) is 6.47. The van der Waals surface area contributed by atoms with Crippen LogP contribution in [0.3, 0.4) is 0 Å². The Morgan fingerprint density at radius 2 is 1.95 bits per heavy atom. The molecular weight excluding hydrogens is 252 g/mol. The summed E-state index contributed by atoms with van der Waals surface area (Å²) < 4.78 is 12.3. The van der Waals surface area contributed by atoms with Crippen molar-refractivity contribution in [2.45, 2.75) is 84.0 Å². The van der Waals surface area contributed by atoms with Crippen molar-refractivity contribution in [2.24, 2.45) is 17.3 Å². The molecule has 3 fully saturated rings. The van der Waals surface area contributed by atoms with Crippen LogP contribution < -0.4 is 0 Å². The Bertz CT molecular complexity index is 432. The third-order valence-electron chi connectivity index (χ3n) is 6.47. The van der Waals surface area contributed by atoms with E-state index in [9.17, 15) is 4.79 Å². The molecule has 2 heterocycles. The molecule has 0 N–H and O–H groups in total. The van der Waals surface area contributed by atoms with Gasteiger partial charge in [-0.3, -0.25) is 4.79 Å². The average molecular weight is 280 g/mol. The first kappa shape index (κ1) is 14.4. The number of carbonyl (C=O) groups is 1. The molecule has 2 bridgehead atoms. The van der Waals surface area contributed by atoms with Gasteiger partial charge >= 0.3 is 5.97 Å². The van der Waals surface area contributed by atoms with Crippen LogP contribution in [0.2, 0.25) is 0 Å². The molecule has 0 radical (unpaired) electrons. The molecule has 3 heteroatoms. The topological polar surface area (TPSA) is 35.5 Å². The minimum absolute atomic E-state index is 0.0204. The second-order valence-corrected chi connectivity index (χ2v) is 8.06. The standard InChI is InChI=1S/C17H28O3/c1-11(2)13-6-7-15(4)10-14(19-12(3)18)16(5)8-9-17(13,15)20-16/h11,13-14H,6-10H2,1-5H3/t13-,14+,15+,16+,17+/m0/s1. The van der Waals surface area contributed by atoms with Crippen LogP contribution >= 0.6 is 0 Å². The van der Waals surface area contributed by atoms with E-state index >= 15 is 0 Å². The van der Waals surface area contributed by atoms with Crippen molar-refractivity contribution in [3.8, 4) is 0 Å². The van der Waals surface area contributed by atoms with Gasteiger partial charge in [-0.25, -0.2) is 0 Å². The third kappa shape index (κ3) is 1.71. The molecule has 3 nitrogen and oxygen atoms in total. The Balaban J connectivity index is 1.96. The molecule has 1 aliphatic carbocycles. The van der Waals surface area contributed by atoms with Crippen LogP contribution in [0.1, 0.15) is 66.7 Å². The maximum atomic E-state index is 11.4. The zero-order valence-corrected chi connectivity index (χ0v) is 13.5. The predicted octanol–water partition coefficient (Wildman–Crippen LogP) is 3.70. The lowest BCUT2D eigenvalue weighted by Crippen LogP contribution is -2.59. The van der Waals surface area contributed by atoms with Crippen molar-refractivity contribution in [2.75, 3.05) is 0 Å². The molecule has 2 aliphatic heterocycles. The summed E-state index contributed by atoms with van der Waals surface area (Å²) in [6, 6.07) is 0. The molecule has 3 aliphatic rings. The monoisotopic (exact) mass is 280 g/mol. The minimum Gasteiger partial charge on any atom is -0.459 e. The van der Waals surface area contributed by atoms with Gasteiger partial charge in [-0.05, 0) is 50.9 Å². The maximum absolute atomic E-state index is 11.4. The maximum Gasteiger partial charge on any atom is 0.303 e. The van der Waals surface area contributed by atoms with Gasteiger partial charge in [-0.2, -0.15) is 0 Å². The summed E-state index contributed by atoms with van der Waals surface area (Å²) in [5, 5.41) is 0. The van der Waals surface area contributed by atoms with Gasteiger partial charge in [0.05, 0.1) is 5.60 Å². The predicted molar refractivity (Wildman–Crippen MR) is 77.3 cm³/mol. The fourth-order valence-electron chi connectivity index (χ4n) is 5.37. The molecule has 1 spiro atoms. The number of esters is 1. The molecule has 0 aromatic carbocycles. The van der Waals surface area contributed by atoms with Crippen LogP contribution in [-0.4, -0.2) is 23.3 Å². The Morgan fingerprint density at radius 1 is 1.25 bits per heavy atom. The van der Waals surface area contributed by atoms with E-state index in [4.69, 9.17) is 9.47 Å². The molecule has 5 atom stereocenters. The highest BCUT2D eigenvalue weighted by atomic mass is 16.6. The first-order valence-corrected chi connectivity index (χ1v) is 8.10. The molecule has 114 valence electrons. The van der Waals surface area contributed by atoms with E-state index in [1.54, 1.807) is 0 Å². The lowest BCUT2D eigenvalue weighted by atomic mass is 9.66. The van der Waals surface area contributed by atoms with Crippen LogP contribution in [0.5, 0.6) is 0 Å². The normalized spacial score (nSPS) is 50.3. The largest absolute Gasteiger partial charge is 0.459 e. The summed E-state index contributed by atoms with van der Waals surface area (Å²) >= 11 is 0. The SMILES string of the molecule is CC(=O)O[C@@H]1C[C@@]2(C)CC[C@@H](C(C)C)[C@]23CC[C@@]1(C)O3. The fraction of sp³-hybridized carbons (Fsp3) is 0.941. The Labute approximate surface area is 122 Å². The summed E-state index contributed by atoms with van der Waals surface area (Å²) in [5.74, 6) is 1.12. The lowest BCUT2D eigenvalue weighted by molar-refractivity contribution is -0.252. The van der Waals surface area contributed by atoms with Crippen LogP contribution in [0.15, 0.2) is 0 Å². The molecule has 2 saturated heterocycles. The second-order valence-electron chi connectivity index (χ2n) is 8.06. The van der Waals surface area contributed by atoms with Crippen molar-refractivity contribution in [1.29, 1.82) is 0 Å². The van der Waals surface area contributed by atoms with Gasteiger partial charge < -0.3 is 9.47 Å². The summed E-state index contributed by atoms with van der Waals surface area (Å²) in [5.41, 5.74) is -0.0900. The van der Waals surface area contributed by atoms with E-state index in [0.717, 1.165) is 19.3 Å². The smallest absolute Gasteiger partial charge is 0.303 e. The van der Waals surface area contributed by atoms with Crippen LogP contribution in [0, 0.1) is 17.3 Å². The Hall–Kier alpha value is -0.570. The number of hydrogen-bond donors (Lipinski definition) is 0. The van der Waals surface area contributed by atoms with E-state index in [0.29, 0.717) is 11.8 Å². The number of fused-ring (bicyclic) bond motifs is 1. The molecule has 20 heavy (non-hydrogen) atoms. The zero-order chi connectivity index (χ0) is 14.8. The molecular formula is C17H28O3. The zero-order valence-electron chi connectivity index (χ0n) is 13.5. The van der Waals surface area contributed by atoms with Crippen molar-refractivity contribution < 1.29 is 14.3 Å². The van der Waals surface area contributed by atoms with Crippen LogP contribution in [0.25, 0.3) is 0 Å². The number of carbonyl (C=O) groups excluding carboxylic acids is 1. The van der Waals surface area contributed by atoms with Crippen molar-refractivity contribution in [1.82, 2.24) is 0 Å². The fourth-order valence-corrected chi connectivity index (χ4v) is 5.37. The van der Waals surface area contributed by atoms with E-state index in [-0.39, 0.29) is 28.7 Å². The minimum atomic E-state index is -0.275. The van der Waals surface area contributed by atoms with Gasteiger partial charge in [0.1, 0.15) is 11.7 Å². The van der Waals surface area contributed by atoms with Gasteiger partial charge in [0.25, 0.3) is 0 Å². The first-order valence-electron chi connectivity index (χ1n) is 8.10. The van der Waals surface area contributed by atoms with Crippen LogP contribution in [0.4, 0.5) is 0 Å². The van der Waals surface area contributed by atoms with E-state index < -0.39 is 0 Å². The molecule has 0 aromatic rings. The van der Waals surface area contributed by atoms with Crippen molar-refractivity contribution in [3.05, 3.63) is 0 Å². The highest BCUT2D eigenvalue weighted by molar-refractivity contribution is 5.66. The Kier molecular flexibility index (Phi) is 3.03. The van der Waals surface area contributed by atoms with Gasteiger partial charge in [0.2, 0.25) is 0 Å². The average Bonchev–Trinajstić information content (AvgIpc) is 2.78. The first-order chi connectivity index (χ1) is 9.22. The van der Waals surface area contributed by atoms with E-state index in [1.807, 2.05) is 0 Å². The lowest BCUT2D eigenvalue weighted by Gasteiger charge is -2.53. The van der Waals surface area contributed by atoms with Gasteiger partial charge in [0.15, 0.2) is 0 Å². The van der Waals surface area contributed by atoms with Crippen LogP contribution in [-0.2, 0) is 14.3 Å². The summed E-state index contributed by atoms with van der Waals surface area (Å²) in [4.78, 5) is 11.4. The summed E-state index contributed by atoms with van der Waals surface area (Å²) in [6.07, 6.45) is 5.48. The quantitative estimate of drug-likeness (QED) is 0.723. The number of hydrogen-bond acceptors (Lipinski definition) is 3. The number of rotatable bonds is 2. The van der Waals surface area contributed by atoms with Crippen molar-refractivity contribution in [3.63, 3.8) is 0 Å².